The molecule has 152 valence electrons. The van der Waals surface area contributed by atoms with Crippen LogP contribution in [0.15, 0.2) is 42.5 Å². The van der Waals surface area contributed by atoms with Gasteiger partial charge in [0.15, 0.2) is 0 Å². The van der Waals surface area contributed by atoms with Gasteiger partial charge in [-0.25, -0.2) is 0 Å². The van der Waals surface area contributed by atoms with E-state index in [2.05, 4.69) is 35.0 Å². The molecule has 2 aromatic rings. The zero-order valence-corrected chi connectivity index (χ0v) is 17.3. The summed E-state index contributed by atoms with van der Waals surface area (Å²) in [6.45, 7) is 7.14. The van der Waals surface area contributed by atoms with Gasteiger partial charge in [0.2, 0.25) is 0 Å². The number of ether oxygens (including phenoxy) is 1. The molecule has 1 saturated heterocycles. The minimum Gasteiger partial charge on any atom is -0.494 e. The second-order valence-electron chi connectivity index (χ2n) is 6.87. The lowest BCUT2D eigenvalue weighted by Crippen LogP contribution is -2.18. The van der Waals surface area contributed by atoms with Crippen LogP contribution in [-0.4, -0.2) is 32.7 Å². The Hall–Kier alpha value is -2.53. The van der Waals surface area contributed by atoms with Crippen molar-refractivity contribution in [2.45, 2.75) is 39.5 Å². The number of rotatable bonds is 7. The molecule has 1 fully saturated rings. The molecular formula is C23H33N3O2. The number of hydrogen-bond acceptors (Lipinski definition) is 4. The third-order valence-corrected chi connectivity index (χ3v) is 4.81. The number of aryl methyl sites for hydroxylation is 1. The summed E-state index contributed by atoms with van der Waals surface area (Å²) in [4.78, 5) is 14.9. The maximum Gasteiger partial charge on any atom is 0.255 e. The number of anilines is 2. The van der Waals surface area contributed by atoms with Gasteiger partial charge in [0.05, 0.1) is 6.61 Å². The predicted octanol–water partition coefficient (Wildman–Crippen LogP) is 4.60. The molecule has 0 atom stereocenters. The first-order valence-electron chi connectivity index (χ1n) is 10.1. The van der Waals surface area contributed by atoms with Crippen LogP contribution in [0.1, 0.15) is 48.5 Å². The number of hydrogen-bond donors (Lipinski definition) is 2. The fourth-order valence-electron chi connectivity index (χ4n) is 3.19. The van der Waals surface area contributed by atoms with Crippen molar-refractivity contribution < 1.29 is 9.53 Å². The van der Waals surface area contributed by atoms with Crippen molar-refractivity contribution in [1.29, 1.82) is 0 Å². The highest BCUT2D eigenvalue weighted by Crippen LogP contribution is 2.26. The zero-order chi connectivity index (χ0) is 20.4. The Morgan fingerprint density at radius 1 is 1.11 bits per heavy atom. The van der Waals surface area contributed by atoms with Gasteiger partial charge >= 0.3 is 0 Å². The van der Waals surface area contributed by atoms with Crippen molar-refractivity contribution in [3.05, 3.63) is 53.6 Å². The smallest absolute Gasteiger partial charge is 0.255 e. The first kappa shape index (κ1) is 21.8. The number of amides is 1. The average Bonchev–Trinajstić information content (AvgIpc) is 3.26. The third-order valence-electron chi connectivity index (χ3n) is 4.81. The highest BCUT2D eigenvalue weighted by molar-refractivity contribution is 6.04. The highest BCUT2D eigenvalue weighted by Gasteiger charge is 2.14. The lowest BCUT2D eigenvalue weighted by molar-refractivity contribution is 0.102. The van der Waals surface area contributed by atoms with Crippen LogP contribution in [0.2, 0.25) is 0 Å². The number of carbonyl (C=O) groups is 1. The number of nitrogens with zero attached hydrogens (tertiary/aromatic N) is 1. The molecule has 5 nitrogen and oxygen atoms in total. The van der Waals surface area contributed by atoms with Gasteiger partial charge in [-0.15, -0.1) is 0 Å². The third kappa shape index (κ3) is 5.99. The van der Waals surface area contributed by atoms with E-state index in [4.69, 9.17) is 4.74 Å². The molecule has 5 heteroatoms. The molecule has 0 aliphatic carbocycles. The molecule has 1 heterocycles. The van der Waals surface area contributed by atoms with Crippen molar-refractivity contribution >= 4 is 17.3 Å². The van der Waals surface area contributed by atoms with Crippen LogP contribution < -0.4 is 20.7 Å². The fraction of sp³-hybridized carbons (Fsp3) is 0.435. The van der Waals surface area contributed by atoms with Crippen molar-refractivity contribution in [3.63, 3.8) is 0 Å². The largest absolute Gasteiger partial charge is 0.494 e. The zero-order valence-electron chi connectivity index (χ0n) is 17.3. The summed E-state index contributed by atoms with van der Waals surface area (Å²) in [5.74, 6) is 0.711. The summed E-state index contributed by atoms with van der Waals surface area (Å²) in [5.41, 5.74) is 8.32. The van der Waals surface area contributed by atoms with E-state index in [1.807, 2.05) is 37.3 Å². The van der Waals surface area contributed by atoms with Crippen LogP contribution in [0.3, 0.4) is 0 Å². The topological polar surface area (TPSA) is 67.6 Å². The summed E-state index contributed by atoms with van der Waals surface area (Å²) in [5, 5.41) is 3.02. The number of unbranched alkanes of at least 4 members (excludes halogenated alkanes) is 1. The van der Waals surface area contributed by atoms with E-state index < -0.39 is 0 Å². The van der Waals surface area contributed by atoms with Gasteiger partial charge in [-0.2, -0.15) is 0 Å². The number of nitrogens with one attached hydrogen (secondary N) is 1. The molecule has 3 N–H and O–H groups in total. The van der Waals surface area contributed by atoms with Gasteiger partial charge in [0.1, 0.15) is 5.75 Å². The Kier molecular flexibility index (Phi) is 8.82. The molecule has 1 aliphatic heterocycles. The maximum atomic E-state index is 12.5. The number of nitrogens with two attached hydrogens (primary N) is 1. The fourth-order valence-corrected chi connectivity index (χ4v) is 3.19. The van der Waals surface area contributed by atoms with Crippen LogP contribution in [0.25, 0.3) is 0 Å². The van der Waals surface area contributed by atoms with Crippen LogP contribution in [0.5, 0.6) is 5.75 Å². The Labute approximate surface area is 168 Å². The van der Waals surface area contributed by atoms with Gasteiger partial charge < -0.3 is 20.7 Å². The molecule has 2 aromatic carbocycles. The molecule has 0 bridgehead atoms. The number of benzene rings is 2. The van der Waals surface area contributed by atoms with Gasteiger partial charge in [-0.05, 0) is 81.3 Å². The quantitative estimate of drug-likeness (QED) is 0.686. The second-order valence-corrected chi connectivity index (χ2v) is 6.87. The SMILES string of the molecule is CCCCOc1ccc(C(=O)Nc2ccc(N3CCCC3)cc2C)cc1.CN. The molecule has 0 radical (unpaired) electrons. The molecule has 0 saturated carbocycles. The molecule has 28 heavy (non-hydrogen) atoms. The van der Waals surface area contributed by atoms with Crippen molar-refractivity contribution in [3.8, 4) is 5.75 Å². The van der Waals surface area contributed by atoms with E-state index in [9.17, 15) is 4.79 Å². The molecule has 0 unspecified atom stereocenters. The minimum atomic E-state index is -0.0952. The minimum absolute atomic E-state index is 0.0952. The molecule has 0 aromatic heterocycles. The lowest BCUT2D eigenvalue weighted by atomic mass is 10.1. The van der Waals surface area contributed by atoms with E-state index >= 15 is 0 Å². The van der Waals surface area contributed by atoms with Crippen molar-refractivity contribution in [1.82, 2.24) is 0 Å². The normalized spacial score (nSPS) is 12.9. The monoisotopic (exact) mass is 383 g/mol. The van der Waals surface area contributed by atoms with E-state index in [1.165, 1.54) is 25.6 Å². The van der Waals surface area contributed by atoms with Crippen LogP contribution in [0.4, 0.5) is 11.4 Å². The second kappa shape index (κ2) is 11.3. The van der Waals surface area contributed by atoms with E-state index in [-0.39, 0.29) is 5.91 Å². The van der Waals surface area contributed by atoms with Crippen LogP contribution in [0, 0.1) is 6.92 Å². The summed E-state index contributed by atoms with van der Waals surface area (Å²) < 4.78 is 5.64. The molecular weight excluding hydrogens is 350 g/mol. The molecule has 1 amide bonds. The lowest BCUT2D eigenvalue weighted by Gasteiger charge is -2.19. The molecule has 1 aliphatic rings. The van der Waals surface area contributed by atoms with Gasteiger partial charge in [0.25, 0.3) is 5.91 Å². The molecule has 0 spiro atoms. The summed E-state index contributed by atoms with van der Waals surface area (Å²) in [6, 6.07) is 13.6. The van der Waals surface area contributed by atoms with Gasteiger partial charge in [0, 0.05) is 30.0 Å². The Morgan fingerprint density at radius 3 is 2.39 bits per heavy atom. The van der Waals surface area contributed by atoms with Crippen molar-refractivity contribution in [2.75, 3.05) is 37.0 Å². The standard InChI is InChI=1S/C22H28N2O2.CH5N/c1-3-4-15-26-20-10-7-18(8-11-20)22(25)23-21-12-9-19(16-17(21)2)24-13-5-6-14-24;1-2/h7-12,16H,3-6,13-15H2,1-2H3,(H,23,25);2H2,1H3. The van der Waals surface area contributed by atoms with E-state index in [0.29, 0.717) is 12.2 Å². The average molecular weight is 384 g/mol. The van der Waals surface area contributed by atoms with Gasteiger partial charge in [-0.1, -0.05) is 13.3 Å². The predicted molar refractivity (Wildman–Crippen MR) is 118 cm³/mol. The van der Waals surface area contributed by atoms with Gasteiger partial charge in [-0.3, -0.25) is 4.79 Å². The first-order valence-corrected chi connectivity index (χ1v) is 10.1. The summed E-state index contributed by atoms with van der Waals surface area (Å²) in [6.07, 6.45) is 4.66. The van der Waals surface area contributed by atoms with Crippen LogP contribution >= 0.6 is 0 Å². The highest BCUT2D eigenvalue weighted by atomic mass is 16.5. The number of carbonyl (C=O) groups excluding carboxylic acids is 1. The maximum absolute atomic E-state index is 12.5. The van der Waals surface area contributed by atoms with Crippen molar-refractivity contribution in [2.24, 2.45) is 5.73 Å². The first-order chi connectivity index (χ1) is 13.7. The summed E-state index contributed by atoms with van der Waals surface area (Å²) in [7, 11) is 1.50. The molecule has 3 rings (SSSR count). The van der Waals surface area contributed by atoms with E-state index in [1.54, 1.807) is 0 Å². The Balaban J connectivity index is 0.00000136. The van der Waals surface area contributed by atoms with E-state index in [0.717, 1.165) is 42.9 Å². The Bertz CT molecular complexity index is 738. The van der Waals surface area contributed by atoms with Crippen LogP contribution in [-0.2, 0) is 0 Å². The Morgan fingerprint density at radius 2 is 1.79 bits per heavy atom. The summed E-state index contributed by atoms with van der Waals surface area (Å²) >= 11 is 0.